The van der Waals surface area contributed by atoms with Crippen molar-refractivity contribution in [3.63, 3.8) is 0 Å². The molecule has 30 heavy (non-hydrogen) atoms. The Balaban J connectivity index is 1.82. The van der Waals surface area contributed by atoms with Gasteiger partial charge in [0.1, 0.15) is 0 Å². The van der Waals surface area contributed by atoms with Crippen molar-refractivity contribution in [3.8, 4) is 0 Å². The van der Waals surface area contributed by atoms with Crippen molar-refractivity contribution in [1.29, 1.82) is 0 Å². The number of thioether (sulfide) groups is 1. The number of hydrogen-bond donors (Lipinski definition) is 2. The SMILES string of the molecule is CCN(CC)C(CNC(=O)CSCC(=O)Nc1cccc(C)c1)c1ccccc1Cl. The lowest BCUT2D eigenvalue weighted by Crippen LogP contribution is -2.38. The first-order valence-corrected chi connectivity index (χ1v) is 11.7. The van der Waals surface area contributed by atoms with E-state index in [-0.39, 0.29) is 29.4 Å². The lowest BCUT2D eigenvalue weighted by molar-refractivity contribution is -0.118. The Hall–Kier alpha value is -2.02. The van der Waals surface area contributed by atoms with Crippen molar-refractivity contribution in [2.24, 2.45) is 0 Å². The van der Waals surface area contributed by atoms with Crippen LogP contribution in [0.3, 0.4) is 0 Å². The fourth-order valence-corrected chi connectivity index (χ4v) is 4.17. The Bertz CT molecular complexity index is 843. The molecule has 1 atom stereocenters. The minimum absolute atomic E-state index is 0.00673. The molecule has 1 unspecified atom stereocenters. The number of carbonyl (C=O) groups excluding carboxylic acids is 2. The van der Waals surface area contributed by atoms with Gasteiger partial charge in [-0.1, -0.05) is 55.8 Å². The molecule has 0 fully saturated rings. The first kappa shape index (κ1) is 24.3. The van der Waals surface area contributed by atoms with E-state index in [0.717, 1.165) is 29.9 Å². The van der Waals surface area contributed by atoms with Crippen LogP contribution in [0.2, 0.25) is 5.02 Å². The minimum Gasteiger partial charge on any atom is -0.353 e. The van der Waals surface area contributed by atoms with Gasteiger partial charge in [0.25, 0.3) is 0 Å². The van der Waals surface area contributed by atoms with Crippen molar-refractivity contribution in [2.75, 3.05) is 36.5 Å². The standard InChI is InChI=1S/C23H30ClN3O2S/c1-4-27(5-2)21(19-11-6-7-12-20(19)24)14-25-22(28)15-30-16-23(29)26-18-10-8-9-17(3)13-18/h6-13,21H,4-5,14-16H2,1-3H3,(H,25,28)(H,26,29). The molecule has 2 aromatic carbocycles. The van der Waals surface area contributed by atoms with Gasteiger partial charge in [-0.2, -0.15) is 0 Å². The van der Waals surface area contributed by atoms with Gasteiger partial charge in [0.2, 0.25) is 11.8 Å². The number of halogens is 1. The van der Waals surface area contributed by atoms with Crippen LogP contribution in [0.15, 0.2) is 48.5 Å². The number of benzene rings is 2. The van der Waals surface area contributed by atoms with E-state index in [2.05, 4.69) is 29.4 Å². The largest absolute Gasteiger partial charge is 0.353 e. The number of nitrogens with one attached hydrogen (secondary N) is 2. The van der Waals surface area contributed by atoms with Crippen LogP contribution in [0.25, 0.3) is 0 Å². The summed E-state index contributed by atoms with van der Waals surface area (Å²) in [4.78, 5) is 26.7. The Labute approximate surface area is 188 Å². The molecule has 0 bridgehead atoms. The van der Waals surface area contributed by atoms with Crippen LogP contribution in [0.1, 0.15) is 31.0 Å². The highest BCUT2D eigenvalue weighted by molar-refractivity contribution is 8.00. The summed E-state index contributed by atoms with van der Waals surface area (Å²) in [5.74, 6) is 0.253. The summed E-state index contributed by atoms with van der Waals surface area (Å²) in [6.45, 7) is 8.35. The summed E-state index contributed by atoms with van der Waals surface area (Å²) >= 11 is 7.70. The average molecular weight is 448 g/mol. The predicted molar refractivity (Wildman–Crippen MR) is 127 cm³/mol. The minimum atomic E-state index is -0.115. The molecule has 2 N–H and O–H groups in total. The van der Waals surface area contributed by atoms with Gasteiger partial charge in [-0.15, -0.1) is 11.8 Å². The summed E-state index contributed by atoms with van der Waals surface area (Å²) in [5.41, 5.74) is 2.86. The predicted octanol–water partition coefficient (Wildman–Crippen LogP) is 4.52. The molecule has 5 nitrogen and oxygen atoms in total. The van der Waals surface area contributed by atoms with E-state index >= 15 is 0 Å². The van der Waals surface area contributed by atoms with Gasteiger partial charge in [-0.05, 0) is 49.3 Å². The zero-order chi connectivity index (χ0) is 21.9. The molecule has 0 aromatic heterocycles. The van der Waals surface area contributed by atoms with Crippen LogP contribution in [-0.4, -0.2) is 47.9 Å². The molecule has 0 saturated heterocycles. The monoisotopic (exact) mass is 447 g/mol. The van der Waals surface area contributed by atoms with Gasteiger partial charge < -0.3 is 10.6 Å². The Morgan fingerprint density at radius 2 is 1.73 bits per heavy atom. The molecule has 0 aliphatic heterocycles. The smallest absolute Gasteiger partial charge is 0.234 e. The molecule has 0 heterocycles. The molecular weight excluding hydrogens is 418 g/mol. The summed E-state index contributed by atoms with van der Waals surface area (Å²) < 4.78 is 0. The highest BCUT2D eigenvalue weighted by Crippen LogP contribution is 2.27. The Kier molecular flexibility index (Phi) is 10.2. The third kappa shape index (κ3) is 7.67. The average Bonchev–Trinajstić information content (AvgIpc) is 2.72. The third-order valence-electron chi connectivity index (χ3n) is 4.78. The van der Waals surface area contributed by atoms with E-state index in [1.54, 1.807) is 0 Å². The lowest BCUT2D eigenvalue weighted by atomic mass is 10.0. The van der Waals surface area contributed by atoms with E-state index < -0.39 is 0 Å². The maximum atomic E-state index is 12.3. The fourth-order valence-electron chi connectivity index (χ4n) is 3.26. The Morgan fingerprint density at radius 1 is 1.03 bits per heavy atom. The first-order chi connectivity index (χ1) is 14.4. The summed E-state index contributed by atoms with van der Waals surface area (Å²) in [6.07, 6.45) is 0. The van der Waals surface area contributed by atoms with Crippen LogP contribution >= 0.6 is 23.4 Å². The normalized spacial score (nSPS) is 11.9. The third-order valence-corrected chi connectivity index (χ3v) is 6.05. The fraction of sp³-hybridized carbons (Fsp3) is 0.391. The van der Waals surface area contributed by atoms with Gasteiger partial charge in [-0.25, -0.2) is 0 Å². The number of hydrogen-bond acceptors (Lipinski definition) is 4. The molecule has 2 rings (SSSR count). The van der Waals surface area contributed by atoms with E-state index in [9.17, 15) is 9.59 Å². The van der Waals surface area contributed by atoms with Gasteiger partial charge >= 0.3 is 0 Å². The molecule has 0 spiro atoms. The van der Waals surface area contributed by atoms with E-state index in [0.29, 0.717) is 11.6 Å². The van der Waals surface area contributed by atoms with Crippen LogP contribution in [-0.2, 0) is 9.59 Å². The van der Waals surface area contributed by atoms with Gasteiger partial charge in [0.15, 0.2) is 0 Å². The number of nitrogens with zero attached hydrogens (tertiary/aromatic N) is 1. The summed E-state index contributed by atoms with van der Waals surface area (Å²) in [7, 11) is 0. The second-order valence-electron chi connectivity index (χ2n) is 6.97. The van der Waals surface area contributed by atoms with Crippen LogP contribution < -0.4 is 10.6 Å². The molecule has 162 valence electrons. The highest BCUT2D eigenvalue weighted by atomic mass is 35.5. The number of carbonyl (C=O) groups is 2. The second-order valence-corrected chi connectivity index (χ2v) is 8.37. The molecule has 2 aromatic rings. The van der Waals surface area contributed by atoms with E-state index in [1.165, 1.54) is 11.8 Å². The quantitative estimate of drug-likeness (QED) is 0.531. The molecule has 0 saturated carbocycles. The lowest BCUT2D eigenvalue weighted by Gasteiger charge is -2.30. The zero-order valence-corrected chi connectivity index (χ0v) is 19.4. The molecule has 0 radical (unpaired) electrons. The van der Waals surface area contributed by atoms with Crippen LogP contribution in [0.4, 0.5) is 5.69 Å². The molecule has 0 aliphatic carbocycles. The number of aryl methyl sites for hydroxylation is 1. The van der Waals surface area contributed by atoms with Gasteiger partial charge in [-0.3, -0.25) is 14.5 Å². The molecule has 0 aliphatic rings. The van der Waals surface area contributed by atoms with Crippen molar-refractivity contribution in [3.05, 3.63) is 64.7 Å². The summed E-state index contributed by atoms with van der Waals surface area (Å²) in [6, 6.07) is 15.4. The first-order valence-electron chi connectivity index (χ1n) is 10.1. The second kappa shape index (κ2) is 12.6. The van der Waals surface area contributed by atoms with Crippen LogP contribution in [0, 0.1) is 6.92 Å². The summed E-state index contributed by atoms with van der Waals surface area (Å²) in [5, 5.41) is 6.55. The van der Waals surface area contributed by atoms with E-state index in [4.69, 9.17) is 11.6 Å². The number of rotatable bonds is 11. The van der Waals surface area contributed by atoms with Crippen molar-refractivity contribution in [2.45, 2.75) is 26.8 Å². The van der Waals surface area contributed by atoms with Crippen molar-refractivity contribution >= 4 is 40.9 Å². The number of anilines is 1. The van der Waals surface area contributed by atoms with Gasteiger partial charge in [0, 0.05) is 17.3 Å². The van der Waals surface area contributed by atoms with Crippen molar-refractivity contribution in [1.82, 2.24) is 10.2 Å². The van der Waals surface area contributed by atoms with Crippen LogP contribution in [0.5, 0.6) is 0 Å². The zero-order valence-electron chi connectivity index (χ0n) is 17.8. The molecular formula is C23H30ClN3O2S. The van der Waals surface area contributed by atoms with Gasteiger partial charge in [0.05, 0.1) is 17.5 Å². The number of amides is 2. The maximum absolute atomic E-state index is 12.3. The molecule has 2 amide bonds. The van der Waals surface area contributed by atoms with E-state index in [1.807, 2.05) is 55.5 Å². The molecule has 7 heteroatoms. The Morgan fingerprint density at radius 3 is 2.40 bits per heavy atom. The maximum Gasteiger partial charge on any atom is 0.234 e. The topological polar surface area (TPSA) is 61.4 Å². The highest BCUT2D eigenvalue weighted by Gasteiger charge is 2.21. The van der Waals surface area contributed by atoms with Crippen molar-refractivity contribution < 1.29 is 9.59 Å². The number of likely N-dealkylation sites (N-methyl/N-ethyl adjacent to an activating group) is 1.